The fourth-order valence-corrected chi connectivity index (χ4v) is 2.84. The lowest BCUT2D eigenvalue weighted by atomic mass is 10.2. The van der Waals surface area contributed by atoms with Crippen LogP contribution in [0.1, 0.15) is 12.5 Å². The third-order valence-corrected chi connectivity index (χ3v) is 4.21. The van der Waals surface area contributed by atoms with Gasteiger partial charge in [0.15, 0.2) is 0 Å². The highest BCUT2D eigenvalue weighted by atomic mass is 32.2. The van der Waals surface area contributed by atoms with E-state index in [2.05, 4.69) is 10.0 Å². The number of rotatable bonds is 5. The second-order valence-corrected chi connectivity index (χ2v) is 6.03. The first-order chi connectivity index (χ1) is 10.0. The molecule has 2 N–H and O–H groups in total. The van der Waals surface area contributed by atoms with Gasteiger partial charge in [0.05, 0.1) is 16.5 Å². The molecule has 2 aromatic carbocycles. The van der Waals surface area contributed by atoms with Gasteiger partial charge in [0, 0.05) is 17.9 Å². The molecule has 0 unspecified atom stereocenters. The summed E-state index contributed by atoms with van der Waals surface area (Å²) in [6.07, 6.45) is 0. The Balaban J connectivity index is 2.19. The largest absolute Gasteiger partial charge is 0.385 e. The molecule has 108 valence electrons. The predicted molar refractivity (Wildman–Crippen MR) is 82.6 cm³/mol. The van der Waals surface area contributed by atoms with Gasteiger partial charge in [-0.3, -0.25) is 4.72 Å². The van der Waals surface area contributed by atoms with Crippen LogP contribution in [0.5, 0.6) is 0 Å². The van der Waals surface area contributed by atoms with Crippen molar-refractivity contribution in [2.24, 2.45) is 0 Å². The summed E-state index contributed by atoms with van der Waals surface area (Å²) >= 11 is 0. The molecule has 0 fully saturated rings. The maximum absolute atomic E-state index is 12.2. The molecule has 0 bridgehead atoms. The van der Waals surface area contributed by atoms with Crippen molar-refractivity contribution in [3.8, 4) is 6.07 Å². The zero-order chi connectivity index (χ0) is 15.3. The van der Waals surface area contributed by atoms with E-state index in [0.717, 1.165) is 12.2 Å². The monoisotopic (exact) mass is 301 g/mol. The molecule has 21 heavy (non-hydrogen) atoms. The number of sulfonamides is 1. The average Bonchev–Trinajstić information content (AvgIpc) is 2.48. The summed E-state index contributed by atoms with van der Waals surface area (Å²) in [5, 5.41) is 11.8. The highest BCUT2D eigenvalue weighted by Gasteiger charge is 2.13. The molecule has 6 heteroatoms. The number of nitrogens with zero attached hydrogens (tertiary/aromatic N) is 1. The Labute approximate surface area is 124 Å². The lowest BCUT2D eigenvalue weighted by molar-refractivity contribution is 0.601. The van der Waals surface area contributed by atoms with E-state index in [4.69, 9.17) is 5.26 Å². The van der Waals surface area contributed by atoms with Gasteiger partial charge >= 0.3 is 0 Å². The van der Waals surface area contributed by atoms with Gasteiger partial charge in [0.25, 0.3) is 10.0 Å². The van der Waals surface area contributed by atoms with Gasteiger partial charge in [-0.05, 0) is 55.5 Å². The molecular weight excluding hydrogens is 286 g/mol. The molecule has 0 spiro atoms. The Kier molecular flexibility index (Phi) is 4.45. The molecule has 0 aromatic heterocycles. The maximum Gasteiger partial charge on any atom is 0.261 e. The van der Waals surface area contributed by atoms with Gasteiger partial charge in [0.1, 0.15) is 0 Å². The van der Waals surface area contributed by atoms with E-state index in [1.54, 1.807) is 48.5 Å². The molecule has 0 saturated carbocycles. The molecule has 0 aliphatic heterocycles. The first-order valence-electron chi connectivity index (χ1n) is 6.42. The highest BCUT2D eigenvalue weighted by molar-refractivity contribution is 7.92. The minimum absolute atomic E-state index is 0.188. The topological polar surface area (TPSA) is 82.0 Å². The van der Waals surface area contributed by atoms with Crippen LogP contribution in [-0.4, -0.2) is 15.0 Å². The second-order valence-electron chi connectivity index (χ2n) is 4.35. The van der Waals surface area contributed by atoms with Gasteiger partial charge in [0.2, 0.25) is 0 Å². The Bertz CT molecular complexity index is 745. The summed E-state index contributed by atoms with van der Waals surface area (Å²) in [5.74, 6) is 0. The summed E-state index contributed by atoms with van der Waals surface area (Å²) in [4.78, 5) is 0.188. The van der Waals surface area contributed by atoms with Crippen molar-refractivity contribution in [3.05, 3.63) is 54.1 Å². The lowest BCUT2D eigenvalue weighted by Crippen LogP contribution is -2.12. The molecule has 0 heterocycles. The van der Waals surface area contributed by atoms with Crippen molar-refractivity contribution in [2.75, 3.05) is 16.6 Å². The van der Waals surface area contributed by atoms with Crippen molar-refractivity contribution >= 4 is 21.4 Å². The van der Waals surface area contributed by atoms with E-state index in [1.807, 2.05) is 13.0 Å². The Morgan fingerprint density at radius 2 is 1.57 bits per heavy atom. The molecule has 2 rings (SSSR count). The number of hydrogen-bond acceptors (Lipinski definition) is 4. The van der Waals surface area contributed by atoms with E-state index in [0.29, 0.717) is 11.3 Å². The number of anilines is 2. The number of nitriles is 1. The highest BCUT2D eigenvalue weighted by Crippen LogP contribution is 2.18. The first kappa shape index (κ1) is 14.9. The van der Waals surface area contributed by atoms with Gasteiger partial charge in [-0.25, -0.2) is 8.42 Å². The van der Waals surface area contributed by atoms with Crippen LogP contribution >= 0.6 is 0 Å². The summed E-state index contributed by atoms with van der Waals surface area (Å²) in [6.45, 7) is 2.74. The van der Waals surface area contributed by atoms with Crippen LogP contribution in [0.3, 0.4) is 0 Å². The number of benzene rings is 2. The molecule has 5 nitrogen and oxygen atoms in total. The van der Waals surface area contributed by atoms with E-state index < -0.39 is 10.0 Å². The zero-order valence-electron chi connectivity index (χ0n) is 11.5. The normalized spacial score (nSPS) is 10.7. The van der Waals surface area contributed by atoms with Crippen LogP contribution in [0.25, 0.3) is 0 Å². The zero-order valence-corrected chi connectivity index (χ0v) is 12.3. The summed E-state index contributed by atoms with van der Waals surface area (Å²) in [5.41, 5.74) is 1.77. The van der Waals surface area contributed by atoms with E-state index in [-0.39, 0.29) is 4.90 Å². The van der Waals surface area contributed by atoms with E-state index >= 15 is 0 Å². The fraction of sp³-hybridized carbons (Fsp3) is 0.133. The Morgan fingerprint density at radius 3 is 2.10 bits per heavy atom. The van der Waals surface area contributed by atoms with Crippen molar-refractivity contribution in [2.45, 2.75) is 11.8 Å². The maximum atomic E-state index is 12.2. The standard InChI is InChI=1S/C15H15N3O2S/c1-2-17-13-7-9-15(10-8-13)21(19,20)18-14-5-3-12(11-16)4-6-14/h3-10,17-18H,2H2,1H3. The Morgan fingerprint density at radius 1 is 1.00 bits per heavy atom. The number of hydrogen-bond donors (Lipinski definition) is 2. The molecule has 2 aromatic rings. The van der Waals surface area contributed by atoms with Crippen molar-refractivity contribution in [1.82, 2.24) is 0 Å². The summed E-state index contributed by atoms with van der Waals surface area (Å²) in [6, 6.07) is 14.8. The van der Waals surface area contributed by atoms with Crippen LogP contribution in [0.4, 0.5) is 11.4 Å². The van der Waals surface area contributed by atoms with Crippen LogP contribution in [0.15, 0.2) is 53.4 Å². The second kappa shape index (κ2) is 6.29. The van der Waals surface area contributed by atoms with Crippen molar-refractivity contribution < 1.29 is 8.42 Å². The molecule has 0 amide bonds. The van der Waals surface area contributed by atoms with Crippen LogP contribution in [0.2, 0.25) is 0 Å². The van der Waals surface area contributed by atoms with Crippen molar-refractivity contribution in [1.29, 1.82) is 5.26 Å². The Hall–Kier alpha value is -2.52. The van der Waals surface area contributed by atoms with Crippen LogP contribution in [0, 0.1) is 11.3 Å². The van der Waals surface area contributed by atoms with Gasteiger partial charge in [-0.15, -0.1) is 0 Å². The van der Waals surface area contributed by atoms with Gasteiger partial charge in [-0.1, -0.05) is 0 Å². The third kappa shape index (κ3) is 3.74. The van der Waals surface area contributed by atoms with Crippen LogP contribution in [-0.2, 0) is 10.0 Å². The van der Waals surface area contributed by atoms with E-state index in [9.17, 15) is 8.42 Å². The SMILES string of the molecule is CCNc1ccc(S(=O)(=O)Nc2ccc(C#N)cc2)cc1. The quantitative estimate of drug-likeness (QED) is 0.889. The molecular formula is C15H15N3O2S. The average molecular weight is 301 g/mol. The third-order valence-electron chi connectivity index (χ3n) is 2.81. The smallest absolute Gasteiger partial charge is 0.261 e. The minimum Gasteiger partial charge on any atom is -0.385 e. The molecule has 0 saturated heterocycles. The van der Waals surface area contributed by atoms with Crippen LogP contribution < -0.4 is 10.0 Å². The van der Waals surface area contributed by atoms with Gasteiger partial charge in [-0.2, -0.15) is 5.26 Å². The molecule has 0 aliphatic rings. The molecule has 0 radical (unpaired) electrons. The van der Waals surface area contributed by atoms with Gasteiger partial charge < -0.3 is 5.32 Å². The molecule has 0 aliphatic carbocycles. The predicted octanol–water partition coefficient (Wildman–Crippen LogP) is 2.79. The summed E-state index contributed by atoms with van der Waals surface area (Å²) in [7, 11) is -3.63. The van der Waals surface area contributed by atoms with E-state index in [1.165, 1.54) is 0 Å². The minimum atomic E-state index is -3.63. The first-order valence-corrected chi connectivity index (χ1v) is 7.90. The van der Waals surface area contributed by atoms with Crippen molar-refractivity contribution in [3.63, 3.8) is 0 Å². The number of nitrogens with one attached hydrogen (secondary N) is 2. The lowest BCUT2D eigenvalue weighted by Gasteiger charge is -2.09. The summed E-state index contributed by atoms with van der Waals surface area (Å²) < 4.78 is 26.9. The molecule has 0 atom stereocenters. The fourth-order valence-electron chi connectivity index (χ4n) is 1.78.